The van der Waals surface area contributed by atoms with Gasteiger partial charge < -0.3 is 10.1 Å². The van der Waals surface area contributed by atoms with Gasteiger partial charge in [-0.2, -0.15) is 4.31 Å². The molecule has 0 radical (unpaired) electrons. The maximum atomic E-state index is 12.7. The van der Waals surface area contributed by atoms with Gasteiger partial charge in [0.1, 0.15) is 4.90 Å². The van der Waals surface area contributed by atoms with E-state index in [2.05, 4.69) is 5.32 Å². The fourth-order valence-electron chi connectivity index (χ4n) is 2.27. The molecule has 1 aromatic carbocycles. The molecule has 1 atom stereocenters. The highest BCUT2D eigenvalue weighted by atomic mass is 35.5. The number of nitrogens with zero attached hydrogens (tertiary/aromatic N) is 1. The van der Waals surface area contributed by atoms with E-state index in [0.717, 1.165) is 0 Å². The van der Waals surface area contributed by atoms with Crippen molar-refractivity contribution in [1.29, 1.82) is 0 Å². The van der Waals surface area contributed by atoms with Crippen LogP contribution >= 0.6 is 23.2 Å². The van der Waals surface area contributed by atoms with Gasteiger partial charge in [-0.1, -0.05) is 23.2 Å². The molecule has 0 saturated carbocycles. The van der Waals surface area contributed by atoms with Crippen molar-refractivity contribution in [2.24, 2.45) is 0 Å². The van der Waals surface area contributed by atoms with Gasteiger partial charge in [0.05, 0.1) is 17.7 Å². The van der Waals surface area contributed by atoms with Crippen LogP contribution in [0.1, 0.15) is 12.0 Å². The van der Waals surface area contributed by atoms with Crippen molar-refractivity contribution in [2.75, 3.05) is 27.3 Å². The van der Waals surface area contributed by atoms with Crippen LogP contribution in [0.25, 0.3) is 0 Å². The number of likely N-dealkylation sites (N-methyl/N-ethyl adjacent to an activating group) is 1. The molecule has 1 aliphatic heterocycles. The molecular formula is C13H18Cl2N2O3S. The number of benzene rings is 1. The highest BCUT2D eigenvalue weighted by Crippen LogP contribution is 2.33. The zero-order chi connectivity index (χ0) is 15.6. The molecule has 1 aromatic rings. The minimum Gasteiger partial charge on any atom is -0.380 e. The number of hydrogen-bond acceptors (Lipinski definition) is 4. The zero-order valence-electron chi connectivity index (χ0n) is 11.9. The van der Waals surface area contributed by atoms with Crippen LogP contribution in [0.15, 0.2) is 17.0 Å². The van der Waals surface area contributed by atoms with Crippen LogP contribution in [0, 0.1) is 0 Å². The Kier molecular flexibility index (Phi) is 5.51. The molecule has 21 heavy (non-hydrogen) atoms. The van der Waals surface area contributed by atoms with Crippen molar-refractivity contribution in [2.45, 2.75) is 23.9 Å². The lowest BCUT2D eigenvalue weighted by molar-refractivity contribution is 0.181. The molecule has 118 valence electrons. The Hall–Kier alpha value is -0.370. The van der Waals surface area contributed by atoms with E-state index in [-0.39, 0.29) is 16.0 Å². The summed E-state index contributed by atoms with van der Waals surface area (Å²) in [6, 6.07) is 2.85. The Morgan fingerprint density at radius 1 is 1.43 bits per heavy atom. The smallest absolute Gasteiger partial charge is 0.244 e. The lowest BCUT2D eigenvalue weighted by atomic mass is 10.2. The van der Waals surface area contributed by atoms with Crippen LogP contribution in [-0.4, -0.2) is 46.1 Å². The highest BCUT2D eigenvalue weighted by Gasteiger charge is 2.32. The number of nitrogens with one attached hydrogen (secondary N) is 1. The van der Waals surface area contributed by atoms with Gasteiger partial charge in [0, 0.05) is 30.8 Å². The number of rotatable bonds is 5. The lowest BCUT2D eigenvalue weighted by Gasteiger charge is -2.23. The Labute approximate surface area is 135 Å². The van der Waals surface area contributed by atoms with Gasteiger partial charge in [0.15, 0.2) is 0 Å². The maximum absolute atomic E-state index is 12.7. The van der Waals surface area contributed by atoms with Crippen molar-refractivity contribution < 1.29 is 13.2 Å². The molecule has 8 heteroatoms. The van der Waals surface area contributed by atoms with E-state index < -0.39 is 10.0 Å². The molecule has 2 rings (SSSR count). The summed E-state index contributed by atoms with van der Waals surface area (Å²) in [5.41, 5.74) is 0.581. The summed E-state index contributed by atoms with van der Waals surface area (Å²) in [6.07, 6.45) is 0.685. The number of hydrogen-bond donors (Lipinski definition) is 1. The third-order valence-corrected chi connectivity index (χ3v) is 6.43. The standard InChI is InChI=1S/C13H18Cl2N2O3S/c1-16-7-10-11(14)3-4-12(13(10)15)21(18,19)17(2)9-5-6-20-8-9/h3-4,9,16H,5-8H2,1-2H3. The first-order valence-corrected chi connectivity index (χ1v) is 8.76. The van der Waals surface area contributed by atoms with Gasteiger partial charge in [-0.05, 0) is 25.6 Å². The van der Waals surface area contributed by atoms with Gasteiger partial charge in [0.25, 0.3) is 0 Å². The summed E-state index contributed by atoms with van der Waals surface area (Å²) in [6.45, 7) is 1.38. The normalized spacial score (nSPS) is 19.4. The zero-order valence-corrected chi connectivity index (χ0v) is 14.2. The predicted octanol–water partition coefficient (Wildman–Crippen LogP) is 2.12. The highest BCUT2D eigenvalue weighted by molar-refractivity contribution is 7.89. The summed E-state index contributed by atoms with van der Waals surface area (Å²) in [5, 5.41) is 3.55. The lowest BCUT2D eigenvalue weighted by Crippen LogP contribution is -2.37. The van der Waals surface area contributed by atoms with Crippen LogP contribution in [0.3, 0.4) is 0 Å². The Morgan fingerprint density at radius 3 is 2.71 bits per heavy atom. The van der Waals surface area contributed by atoms with Gasteiger partial charge in [-0.15, -0.1) is 0 Å². The van der Waals surface area contributed by atoms with Crippen LogP contribution in [0.2, 0.25) is 10.0 Å². The summed E-state index contributed by atoms with van der Waals surface area (Å²) in [7, 11) is -0.377. The summed E-state index contributed by atoms with van der Waals surface area (Å²) in [4.78, 5) is 0.0771. The first kappa shape index (κ1) is 17.0. The predicted molar refractivity (Wildman–Crippen MR) is 83.4 cm³/mol. The molecular weight excluding hydrogens is 335 g/mol. The topological polar surface area (TPSA) is 58.6 Å². The monoisotopic (exact) mass is 352 g/mol. The van der Waals surface area contributed by atoms with E-state index in [0.29, 0.717) is 36.8 Å². The second kappa shape index (κ2) is 6.81. The number of ether oxygens (including phenoxy) is 1. The van der Waals surface area contributed by atoms with Gasteiger partial charge in [0.2, 0.25) is 10.0 Å². The van der Waals surface area contributed by atoms with E-state index in [1.54, 1.807) is 20.2 Å². The van der Waals surface area contributed by atoms with Crippen molar-refractivity contribution in [1.82, 2.24) is 9.62 Å². The first-order valence-electron chi connectivity index (χ1n) is 6.57. The van der Waals surface area contributed by atoms with E-state index in [4.69, 9.17) is 27.9 Å². The second-order valence-electron chi connectivity index (χ2n) is 4.91. The molecule has 1 N–H and O–H groups in total. The second-order valence-corrected chi connectivity index (χ2v) is 7.66. The molecule has 5 nitrogen and oxygen atoms in total. The quantitative estimate of drug-likeness (QED) is 0.881. The summed E-state index contributed by atoms with van der Waals surface area (Å²) >= 11 is 12.4. The minimum atomic E-state index is -3.68. The van der Waals surface area contributed by atoms with Gasteiger partial charge in [-0.3, -0.25) is 0 Å². The third kappa shape index (κ3) is 3.36. The van der Waals surface area contributed by atoms with Crippen LogP contribution < -0.4 is 5.32 Å². The Morgan fingerprint density at radius 2 is 2.14 bits per heavy atom. The Balaban J connectivity index is 2.42. The van der Waals surface area contributed by atoms with E-state index in [9.17, 15) is 8.42 Å². The van der Waals surface area contributed by atoms with Crippen LogP contribution in [0.5, 0.6) is 0 Å². The molecule has 0 amide bonds. The number of halogens is 2. The first-order chi connectivity index (χ1) is 9.89. The molecule has 1 fully saturated rings. The van der Waals surface area contributed by atoms with Crippen molar-refractivity contribution in [3.8, 4) is 0 Å². The average Bonchev–Trinajstić information content (AvgIpc) is 2.96. The SMILES string of the molecule is CNCc1c(Cl)ccc(S(=O)(=O)N(C)C2CCOC2)c1Cl. The van der Waals surface area contributed by atoms with Crippen LogP contribution in [0.4, 0.5) is 0 Å². The van der Waals surface area contributed by atoms with Crippen molar-refractivity contribution >= 4 is 33.2 Å². The summed E-state index contributed by atoms with van der Waals surface area (Å²) < 4.78 is 32.0. The molecule has 1 aliphatic rings. The molecule has 1 saturated heterocycles. The van der Waals surface area contributed by atoms with E-state index in [1.807, 2.05) is 0 Å². The maximum Gasteiger partial charge on any atom is 0.244 e. The number of sulfonamides is 1. The third-order valence-electron chi connectivity index (χ3n) is 3.58. The van der Waals surface area contributed by atoms with Crippen molar-refractivity contribution in [3.05, 3.63) is 27.7 Å². The Bertz CT molecular complexity index is 616. The molecule has 0 bridgehead atoms. The van der Waals surface area contributed by atoms with E-state index >= 15 is 0 Å². The fraction of sp³-hybridized carbons (Fsp3) is 0.538. The minimum absolute atomic E-state index is 0.0771. The molecule has 1 heterocycles. The molecule has 0 aliphatic carbocycles. The molecule has 1 unspecified atom stereocenters. The van der Waals surface area contributed by atoms with E-state index in [1.165, 1.54) is 10.4 Å². The largest absolute Gasteiger partial charge is 0.380 e. The molecule has 0 spiro atoms. The molecule has 0 aromatic heterocycles. The summed E-state index contributed by atoms with van der Waals surface area (Å²) in [5.74, 6) is 0. The van der Waals surface area contributed by atoms with Gasteiger partial charge >= 0.3 is 0 Å². The average molecular weight is 353 g/mol. The fourth-order valence-corrected chi connectivity index (χ4v) is 4.53. The van der Waals surface area contributed by atoms with Gasteiger partial charge in [-0.25, -0.2) is 8.42 Å². The van der Waals surface area contributed by atoms with Crippen molar-refractivity contribution in [3.63, 3.8) is 0 Å². The van der Waals surface area contributed by atoms with Crippen LogP contribution in [-0.2, 0) is 21.3 Å².